The van der Waals surface area contributed by atoms with Crippen molar-refractivity contribution in [3.8, 4) is 17.0 Å². The highest BCUT2D eigenvalue weighted by molar-refractivity contribution is 7.15. The lowest BCUT2D eigenvalue weighted by Crippen LogP contribution is -2.35. The van der Waals surface area contributed by atoms with Gasteiger partial charge in [-0.2, -0.15) is 5.10 Å². The summed E-state index contributed by atoms with van der Waals surface area (Å²) in [7, 11) is 1.61. The first-order chi connectivity index (χ1) is 14.9. The standard InChI is InChI=1S/C21H24N6O3S/c1-12(2)22-20(29)24-21-23-15-7-8-27(11-18(15)31-21)19(28)17-10-16(25-26-17)13-5-4-6-14(9-13)30-3/h4-6,9-10,12H,7-8,11H2,1-3H3,(H,25,26)(H2,22,23,24,29). The Kier molecular flexibility index (Phi) is 5.90. The van der Waals surface area contributed by atoms with Gasteiger partial charge in [-0.15, -0.1) is 0 Å². The summed E-state index contributed by atoms with van der Waals surface area (Å²) in [6.45, 7) is 4.80. The summed E-state index contributed by atoms with van der Waals surface area (Å²) < 4.78 is 5.26. The molecule has 0 aliphatic carbocycles. The molecular weight excluding hydrogens is 416 g/mol. The second kappa shape index (κ2) is 8.76. The van der Waals surface area contributed by atoms with E-state index in [1.54, 1.807) is 18.1 Å². The van der Waals surface area contributed by atoms with Crippen LogP contribution in [0.1, 0.15) is 34.9 Å². The van der Waals surface area contributed by atoms with Crippen molar-refractivity contribution in [3.63, 3.8) is 0 Å². The predicted octanol–water partition coefficient (Wildman–Crippen LogP) is 3.27. The van der Waals surface area contributed by atoms with E-state index >= 15 is 0 Å². The molecule has 31 heavy (non-hydrogen) atoms. The van der Waals surface area contributed by atoms with Crippen LogP contribution in [0.2, 0.25) is 0 Å². The SMILES string of the molecule is COc1cccc(-c2cc(C(=O)N3CCc4nc(NC(=O)NC(C)C)sc4C3)[nH]n2)c1. The number of thiazole rings is 1. The summed E-state index contributed by atoms with van der Waals surface area (Å²) in [4.78, 5) is 32.2. The molecule has 0 atom stereocenters. The molecule has 0 bridgehead atoms. The number of carbonyl (C=O) groups excluding carboxylic acids is 2. The molecule has 0 unspecified atom stereocenters. The highest BCUT2D eigenvalue weighted by Gasteiger charge is 2.26. The summed E-state index contributed by atoms with van der Waals surface area (Å²) in [6, 6.07) is 9.05. The average molecular weight is 441 g/mol. The van der Waals surface area contributed by atoms with Crippen LogP contribution in [0.25, 0.3) is 11.3 Å². The summed E-state index contributed by atoms with van der Waals surface area (Å²) in [5, 5.41) is 13.2. The third kappa shape index (κ3) is 4.69. The molecule has 0 radical (unpaired) electrons. The Hall–Kier alpha value is -3.40. The number of methoxy groups -OCH3 is 1. The molecule has 0 spiro atoms. The zero-order valence-corrected chi connectivity index (χ0v) is 18.4. The largest absolute Gasteiger partial charge is 0.497 e. The number of hydrogen-bond acceptors (Lipinski definition) is 6. The first-order valence-electron chi connectivity index (χ1n) is 9.98. The van der Waals surface area contributed by atoms with Crippen molar-refractivity contribution in [3.05, 3.63) is 46.6 Å². The highest BCUT2D eigenvalue weighted by Crippen LogP contribution is 2.29. The number of fused-ring (bicyclic) bond motifs is 1. The molecular formula is C21H24N6O3S. The van der Waals surface area contributed by atoms with Crippen LogP contribution in [0.4, 0.5) is 9.93 Å². The number of nitrogens with one attached hydrogen (secondary N) is 3. The van der Waals surface area contributed by atoms with E-state index in [0.717, 1.165) is 21.9 Å². The molecule has 9 nitrogen and oxygen atoms in total. The van der Waals surface area contributed by atoms with Gasteiger partial charge in [-0.25, -0.2) is 9.78 Å². The Labute approximate surface area is 183 Å². The van der Waals surface area contributed by atoms with Crippen molar-refractivity contribution in [2.75, 3.05) is 19.0 Å². The van der Waals surface area contributed by atoms with Gasteiger partial charge in [0.05, 0.1) is 25.0 Å². The van der Waals surface area contributed by atoms with Gasteiger partial charge in [0.1, 0.15) is 11.4 Å². The van der Waals surface area contributed by atoms with E-state index in [9.17, 15) is 9.59 Å². The van der Waals surface area contributed by atoms with Gasteiger partial charge in [0.15, 0.2) is 5.13 Å². The van der Waals surface area contributed by atoms with Gasteiger partial charge in [0.25, 0.3) is 5.91 Å². The summed E-state index contributed by atoms with van der Waals surface area (Å²) >= 11 is 1.40. The van der Waals surface area contributed by atoms with Gasteiger partial charge in [-0.1, -0.05) is 23.5 Å². The Balaban J connectivity index is 1.44. The molecule has 3 amide bonds. The normalized spacial score (nSPS) is 13.1. The van der Waals surface area contributed by atoms with Crippen LogP contribution < -0.4 is 15.4 Å². The van der Waals surface area contributed by atoms with Crippen LogP contribution in [-0.2, 0) is 13.0 Å². The third-order valence-electron chi connectivity index (χ3n) is 4.83. The quantitative estimate of drug-likeness (QED) is 0.564. The van der Waals surface area contributed by atoms with E-state index in [2.05, 4.69) is 25.8 Å². The number of ether oxygens (including phenoxy) is 1. The Morgan fingerprint density at radius 2 is 2.13 bits per heavy atom. The zero-order valence-electron chi connectivity index (χ0n) is 17.6. The van der Waals surface area contributed by atoms with E-state index in [1.165, 1.54) is 11.3 Å². The molecule has 2 aromatic heterocycles. The van der Waals surface area contributed by atoms with Crippen molar-refractivity contribution >= 4 is 28.4 Å². The van der Waals surface area contributed by atoms with Gasteiger partial charge in [-0.05, 0) is 32.0 Å². The zero-order chi connectivity index (χ0) is 22.0. The molecule has 3 heterocycles. The number of benzene rings is 1. The van der Waals surface area contributed by atoms with Crippen LogP contribution in [0.3, 0.4) is 0 Å². The maximum Gasteiger partial charge on any atom is 0.321 e. The van der Waals surface area contributed by atoms with E-state index in [-0.39, 0.29) is 18.0 Å². The van der Waals surface area contributed by atoms with Gasteiger partial charge >= 0.3 is 6.03 Å². The topological polar surface area (TPSA) is 112 Å². The first kappa shape index (κ1) is 20.9. The smallest absolute Gasteiger partial charge is 0.321 e. The number of H-pyrrole nitrogens is 1. The van der Waals surface area contributed by atoms with E-state index in [4.69, 9.17) is 4.74 Å². The Bertz CT molecular complexity index is 1110. The minimum atomic E-state index is -0.281. The number of anilines is 1. The number of amides is 3. The third-order valence-corrected chi connectivity index (χ3v) is 5.83. The van der Waals surface area contributed by atoms with Crippen molar-refractivity contribution in [1.29, 1.82) is 0 Å². The van der Waals surface area contributed by atoms with Crippen molar-refractivity contribution in [1.82, 2.24) is 25.4 Å². The molecule has 1 aliphatic heterocycles. The highest BCUT2D eigenvalue weighted by atomic mass is 32.1. The fourth-order valence-electron chi connectivity index (χ4n) is 3.35. The lowest BCUT2D eigenvalue weighted by molar-refractivity contribution is 0.0730. The number of hydrogen-bond donors (Lipinski definition) is 3. The maximum absolute atomic E-state index is 13.0. The summed E-state index contributed by atoms with van der Waals surface area (Å²) in [5.74, 6) is 0.612. The lowest BCUT2D eigenvalue weighted by Gasteiger charge is -2.25. The van der Waals surface area contributed by atoms with Crippen molar-refractivity contribution in [2.24, 2.45) is 0 Å². The molecule has 3 N–H and O–H groups in total. The average Bonchev–Trinajstić information content (AvgIpc) is 3.39. The fraction of sp³-hybridized carbons (Fsp3) is 0.333. The van der Waals surface area contributed by atoms with E-state index in [1.807, 2.05) is 38.1 Å². The molecule has 162 valence electrons. The lowest BCUT2D eigenvalue weighted by atomic mass is 10.1. The molecule has 4 rings (SSSR count). The first-order valence-corrected chi connectivity index (χ1v) is 10.8. The van der Waals surface area contributed by atoms with Gasteiger partial charge < -0.3 is 15.0 Å². The number of carbonyl (C=O) groups is 2. The molecule has 0 saturated carbocycles. The molecule has 1 aliphatic rings. The van der Waals surface area contributed by atoms with E-state index in [0.29, 0.717) is 36.0 Å². The number of aromatic amines is 1. The van der Waals surface area contributed by atoms with Gasteiger partial charge in [0.2, 0.25) is 0 Å². The summed E-state index contributed by atoms with van der Waals surface area (Å²) in [6.07, 6.45) is 0.641. The second-order valence-electron chi connectivity index (χ2n) is 7.52. The molecule has 10 heteroatoms. The van der Waals surface area contributed by atoms with Crippen molar-refractivity contribution in [2.45, 2.75) is 32.9 Å². The van der Waals surface area contributed by atoms with Crippen LogP contribution in [0.15, 0.2) is 30.3 Å². The molecule has 0 fully saturated rings. The van der Waals surface area contributed by atoms with Crippen LogP contribution in [-0.4, -0.2) is 51.7 Å². The maximum atomic E-state index is 13.0. The van der Waals surface area contributed by atoms with Gasteiger partial charge in [-0.3, -0.25) is 15.2 Å². The number of nitrogens with zero attached hydrogens (tertiary/aromatic N) is 3. The van der Waals surface area contributed by atoms with Gasteiger partial charge in [0, 0.05) is 29.4 Å². The minimum absolute atomic E-state index is 0.0407. The number of aromatic nitrogens is 3. The summed E-state index contributed by atoms with van der Waals surface area (Å²) in [5.41, 5.74) is 2.91. The monoisotopic (exact) mass is 440 g/mol. The minimum Gasteiger partial charge on any atom is -0.497 e. The van der Waals surface area contributed by atoms with Crippen molar-refractivity contribution < 1.29 is 14.3 Å². The fourth-order valence-corrected chi connectivity index (χ4v) is 4.37. The molecule has 0 saturated heterocycles. The Morgan fingerprint density at radius 3 is 2.90 bits per heavy atom. The van der Waals surface area contributed by atoms with E-state index < -0.39 is 0 Å². The molecule has 3 aromatic rings. The predicted molar refractivity (Wildman–Crippen MR) is 118 cm³/mol. The van der Waals surface area contributed by atoms with Crippen LogP contribution in [0.5, 0.6) is 5.75 Å². The number of rotatable bonds is 5. The number of urea groups is 1. The molecule has 1 aromatic carbocycles. The second-order valence-corrected chi connectivity index (χ2v) is 8.60. The van der Waals surface area contributed by atoms with Crippen LogP contribution >= 0.6 is 11.3 Å². The Morgan fingerprint density at radius 1 is 1.29 bits per heavy atom. The van der Waals surface area contributed by atoms with Crippen LogP contribution in [0, 0.1) is 0 Å².